The van der Waals surface area contributed by atoms with E-state index in [0.717, 1.165) is 0 Å². The lowest BCUT2D eigenvalue weighted by atomic mass is 9.96. The molecule has 0 spiro atoms. The molecule has 0 saturated carbocycles. The number of nitrogens with zero attached hydrogens (tertiary/aromatic N) is 2. The highest BCUT2D eigenvalue weighted by molar-refractivity contribution is 7.07. The fourth-order valence-electron chi connectivity index (χ4n) is 1.88. The van der Waals surface area contributed by atoms with Gasteiger partial charge in [0.25, 0.3) is 5.19 Å². The predicted molar refractivity (Wildman–Crippen MR) is 92.1 cm³/mol. The van der Waals surface area contributed by atoms with Crippen LogP contribution in [0.4, 0.5) is 0 Å². The van der Waals surface area contributed by atoms with Crippen molar-refractivity contribution < 1.29 is 19.0 Å². The van der Waals surface area contributed by atoms with E-state index in [-0.39, 0.29) is 11.0 Å². The fraction of sp³-hybridized carbons (Fsp3) is 0.353. The van der Waals surface area contributed by atoms with Gasteiger partial charge in [-0.1, -0.05) is 39.0 Å². The summed E-state index contributed by atoms with van der Waals surface area (Å²) >= 11 is 1.17. The second kappa shape index (κ2) is 7.44. The van der Waals surface area contributed by atoms with Gasteiger partial charge in [0, 0.05) is 22.5 Å². The molecule has 0 aliphatic carbocycles. The summed E-state index contributed by atoms with van der Waals surface area (Å²) in [5.74, 6) is 0.670. The molecule has 6 nitrogen and oxygen atoms in total. The van der Waals surface area contributed by atoms with E-state index in [4.69, 9.17) is 14.2 Å². The molecule has 0 bridgehead atoms. The van der Waals surface area contributed by atoms with Gasteiger partial charge in [0.15, 0.2) is 5.82 Å². The zero-order valence-corrected chi connectivity index (χ0v) is 15.1. The molecule has 0 radical (unpaired) electrons. The molecule has 0 amide bonds. The Morgan fingerprint density at radius 1 is 1.21 bits per heavy atom. The van der Waals surface area contributed by atoms with Gasteiger partial charge in [-0.25, -0.2) is 4.79 Å². The van der Waals surface area contributed by atoms with Crippen molar-refractivity contribution in [1.82, 2.24) is 9.36 Å². The van der Waals surface area contributed by atoms with Crippen LogP contribution < -0.4 is 4.74 Å². The average Bonchev–Trinajstić information content (AvgIpc) is 3.01. The quantitative estimate of drug-likeness (QED) is 0.465. The fourth-order valence-corrected chi connectivity index (χ4v) is 2.61. The summed E-state index contributed by atoms with van der Waals surface area (Å²) < 4.78 is 20.0. The van der Waals surface area contributed by atoms with Gasteiger partial charge in [0.05, 0.1) is 20.5 Å². The van der Waals surface area contributed by atoms with Crippen LogP contribution in [-0.4, -0.2) is 29.5 Å². The number of para-hydroxylation sites is 1. The van der Waals surface area contributed by atoms with Crippen molar-refractivity contribution in [2.45, 2.75) is 26.2 Å². The Bertz CT molecular complexity index is 747. The SMILES string of the molecule is CO/C=C(/C(=O)OC)c1ccccc1Oc1nc(C(C)(C)C)ns1. The number of carbonyl (C=O) groups excluding carboxylic acids is 1. The molecule has 0 N–H and O–H groups in total. The number of methoxy groups -OCH3 is 2. The van der Waals surface area contributed by atoms with E-state index < -0.39 is 5.97 Å². The molecule has 7 heteroatoms. The lowest BCUT2D eigenvalue weighted by Gasteiger charge is -2.12. The van der Waals surface area contributed by atoms with Gasteiger partial charge in [-0.05, 0) is 6.07 Å². The number of rotatable bonds is 5. The maximum Gasteiger partial charge on any atom is 0.341 e. The maximum atomic E-state index is 12.0. The zero-order chi connectivity index (χ0) is 17.7. The molecule has 24 heavy (non-hydrogen) atoms. The summed E-state index contributed by atoms with van der Waals surface area (Å²) in [6, 6.07) is 7.12. The van der Waals surface area contributed by atoms with Gasteiger partial charge in [0.1, 0.15) is 11.3 Å². The molecule has 128 valence electrons. The number of carbonyl (C=O) groups is 1. The zero-order valence-electron chi connectivity index (χ0n) is 14.3. The molecular formula is C17H20N2O4S. The number of ether oxygens (including phenoxy) is 3. The molecule has 2 rings (SSSR count). The minimum absolute atomic E-state index is 0.162. The smallest absolute Gasteiger partial charge is 0.341 e. The third-order valence-corrected chi connectivity index (χ3v) is 3.69. The van der Waals surface area contributed by atoms with Crippen molar-refractivity contribution in [3.63, 3.8) is 0 Å². The van der Waals surface area contributed by atoms with Gasteiger partial charge in [-0.3, -0.25) is 0 Å². The van der Waals surface area contributed by atoms with E-state index in [9.17, 15) is 4.79 Å². The molecule has 0 fully saturated rings. The normalized spacial score (nSPS) is 12.0. The van der Waals surface area contributed by atoms with E-state index in [1.807, 2.05) is 26.8 Å². The van der Waals surface area contributed by atoms with Gasteiger partial charge in [-0.15, -0.1) is 0 Å². The van der Waals surface area contributed by atoms with Crippen molar-refractivity contribution in [3.8, 4) is 10.9 Å². The first kappa shape index (κ1) is 17.9. The third-order valence-electron chi connectivity index (χ3n) is 3.09. The number of hydrogen-bond donors (Lipinski definition) is 0. The summed E-state index contributed by atoms with van der Waals surface area (Å²) in [5.41, 5.74) is 0.653. The second-order valence-corrected chi connectivity index (χ2v) is 6.71. The van der Waals surface area contributed by atoms with Crippen molar-refractivity contribution in [3.05, 3.63) is 41.9 Å². The molecule has 1 aromatic carbocycles. The van der Waals surface area contributed by atoms with Crippen LogP contribution in [-0.2, 0) is 19.7 Å². The lowest BCUT2D eigenvalue weighted by molar-refractivity contribution is -0.133. The van der Waals surface area contributed by atoms with Crippen LogP contribution in [0.2, 0.25) is 0 Å². The highest BCUT2D eigenvalue weighted by Gasteiger charge is 2.22. The Balaban J connectivity index is 2.37. The molecular weight excluding hydrogens is 328 g/mol. The first-order chi connectivity index (χ1) is 11.4. The molecule has 1 aromatic heterocycles. The van der Waals surface area contributed by atoms with Crippen LogP contribution in [0, 0.1) is 0 Å². The number of hydrogen-bond acceptors (Lipinski definition) is 7. The standard InChI is InChI=1S/C17H20N2O4S/c1-17(2,3)15-18-16(24-19-15)23-13-9-7-6-8-11(13)12(10-21-4)14(20)22-5/h6-10H,1-5H3/b12-10+. The van der Waals surface area contributed by atoms with Crippen molar-refractivity contribution in [1.29, 1.82) is 0 Å². The average molecular weight is 348 g/mol. The summed E-state index contributed by atoms with van der Waals surface area (Å²) in [4.78, 5) is 16.4. The Morgan fingerprint density at radius 2 is 1.92 bits per heavy atom. The Kier molecular flexibility index (Phi) is 5.56. The molecule has 0 aliphatic rings. The van der Waals surface area contributed by atoms with E-state index in [1.165, 1.54) is 32.0 Å². The van der Waals surface area contributed by atoms with Gasteiger partial charge < -0.3 is 14.2 Å². The number of benzene rings is 1. The molecule has 2 aromatic rings. The molecule has 0 atom stereocenters. The van der Waals surface area contributed by atoms with Crippen molar-refractivity contribution >= 4 is 23.1 Å². The minimum atomic E-state index is -0.513. The molecule has 0 unspecified atom stereocenters. The van der Waals surface area contributed by atoms with Crippen molar-refractivity contribution in [2.24, 2.45) is 0 Å². The van der Waals surface area contributed by atoms with E-state index >= 15 is 0 Å². The van der Waals surface area contributed by atoms with Crippen LogP contribution in [0.3, 0.4) is 0 Å². The van der Waals surface area contributed by atoms with Crippen LogP contribution >= 0.6 is 11.5 Å². The van der Waals surface area contributed by atoms with Crippen LogP contribution in [0.25, 0.3) is 5.57 Å². The summed E-state index contributed by atoms with van der Waals surface area (Å²) in [7, 11) is 2.78. The van der Waals surface area contributed by atoms with E-state index in [1.54, 1.807) is 18.2 Å². The Labute approximate surface area is 145 Å². The molecule has 0 aliphatic heterocycles. The maximum absolute atomic E-state index is 12.0. The highest BCUT2D eigenvalue weighted by atomic mass is 32.1. The monoisotopic (exact) mass is 348 g/mol. The Morgan fingerprint density at radius 3 is 2.50 bits per heavy atom. The first-order valence-electron chi connectivity index (χ1n) is 7.29. The second-order valence-electron chi connectivity index (χ2n) is 5.99. The first-order valence-corrected chi connectivity index (χ1v) is 8.07. The largest absolute Gasteiger partial charge is 0.503 e. The third kappa shape index (κ3) is 4.11. The predicted octanol–water partition coefficient (Wildman–Crippen LogP) is 3.79. The molecule has 1 heterocycles. The summed E-state index contributed by atoms with van der Waals surface area (Å²) in [5, 5.41) is 0.411. The number of aromatic nitrogens is 2. The Hall–Kier alpha value is -2.41. The summed E-state index contributed by atoms with van der Waals surface area (Å²) in [6.07, 6.45) is 1.33. The van der Waals surface area contributed by atoms with Crippen LogP contribution in [0.15, 0.2) is 30.5 Å². The number of esters is 1. The van der Waals surface area contributed by atoms with E-state index in [2.05, 4.69) is 9.36 Å². The van der Waals surface area contributed by atoms with Crippen LogP contribution in [0.1, 0.15) is 32.2 Å². The van der Waals surface area contributed by atoms with Crippen molar-refractivity contribution in [2.75, 3.05) is 14.2 Å². The summed E-state index contributed by atoms with van der Waals surface area (Å²) in [6.45, 7) is 6.09. The van der Waals surface area contributed by atoms with Gasteiger partial charge >= 0.3 is 5.97 Å². The van der Waals surface area contributed by atoms with Gasteiger partial charge in [0.2, 0.25) is 0 Å². The topological polar surface area (TPSA) is 70.5 Å². The van der Waals surface area contributed by atoms with E-state index in [0.29, 0.717) is 22.3 Å². The van der Waals surface area contributed by atoms with Gasteiger partial charge in [-0.2, -0.15) is 9.36 Å². The molecule has 0 saturated heterocycles. The minimum Gasteiger partial charge on any atom is -0.503 e. The van der Waals surface area contributed by atoms with Crippen LogP contribution in [0.5, 0.6) is 10.9 Å². The lowest BCUT2D eigenvalue weighted by Crippen LogP contribution is -2.13. The highest BCUT2D eigenvalue weighted by Crippen LogP contribution is 2.33.